The number of nitrogens with zero attached hydrogens (tertiary/aromatic N) is 5. The lowest BCUT2D eigenvalue weighted by molar-refractivity contribution is -0.203. The van der Waals surface area contributed by atoms with Gasteiger partial charge in [-0.25, -0.2) is 9.86 Å². The van der Waals surface area contributed by atoms with Gasteiger partial charge in [-0.3, -0.25) is 43.3 Å². The number of methoxy groups -OCH3 is 2. The van der Waals surface area contributed by atoms with Crippen molar-refractivity contribution in [2.75, 3.05) is 54.6 Å². The highest BCUT2D eigenvalue weighted by molar-refractivity contribution is 6.01. The summed E-state index contributed by atoms with van der Waals surface area (Å²) in [6, 6.07) is 8.54. The highest BCUT2D eigenvalue weighted by Crippen LogP contribution is 2.63. The largest absolute Gasteiger partial charge is 0.379 e. The number of likely N-dealkylation sites (tertiary alicyclic amines) is 1. The summed E-state index contributed by atoms with van der Waals surface area (Å²) in [6.07, 6.45) is 5.14. The number of carbonyl (C=O) groups excluding carboxylic acids is 8. The number of ketones is 2. The third-order valence-electron chi connectivity index (χ3n) is 16.3. The van der Waals surface area contributed by atoms with Crippen LogP contribution in [0, 0.1) is 35.0 Å². The first-order chi connectivity index (χ1) is 34.7. The fourth-order valence-corrected chi connectivity index (χ4v) is 11.8. The van der Waals surface area contributed by atoms with Crippen LogP contribution in [0.4, 0.5) is 0 Å². The van der Waals surface area contributed by atoms with Crippen LogP contribution in [0.3, 0.4) is 0 Å². The Labute approximate surface area is 434 Å². The third kappa shape index (κ3) is 14.6. The molecule has 0 radical (unpaired) electrons. The Balaban J connectivity index is 1.21. The summed E-state index contributed by atoms with van der Waals surface area (Å²) >= 11 is 0. The number of benzene rings is 1. The average molecular weight is 1020 g/mol. The van der Waals surface area contributed by atoms with Gasteiger partial charge in [0.2, 0.25) is 11.8 Å². The van der Waals surface area contributed by atoms with Crippen LogP contribution in [-0.4, -0.2) is 157 Å². The molecule has 5 amide bonds. The van der Waals surface area contributed by atoms with Gasteiger partial charge in [0.15, 0.2) is 5.78 Å². The summed E-state index contributed by atoms with van der Waals surface area (Å²) in [7, 11) is 6.79. The molecule has 17 heteroatoms. The van der Waals surface area contributed by atoms with E-state index in [4.69, 9.17) is 19.1 Å². The highest BCUT2D eigenvalue weighted by Gasteiger charge is 2.63. The molecule has 0 aromatic heterocycles. The van der Waals surface area contributed by atoms with Crippen LogP contribution < -0.4 is 0 Å². The summed E-state index contributed by atoms with van der Waals surface area (Å²) < 4.78 is 12.3. The zero-order valence-corrected chi connectivity index (χ0v) is 45.8. The van der Waals surface area contributed by atoms with E-state index in [0.29, 0.717) is 69.8 Å². The van der Waals surface area contributed by atoms with Crippen LogP contribution in [0.5, 0.6) is 0 Å². The van der Waals surface area contributed by atoms with Gasteiger partial charge in [-0.2, -0.15) is 0 Å². The molecule has 1 aromatic carbocycles. The fourth-order valence-electron chi connectivity index (χ4n) is 11.8. The van der Waals surface area contributed by atoms with E-state index in [-0.39, 0.29) is 97.5 Å². The molecule has 0 bridgehead atoms. The van der Waals surface area contributed by atoms with Crippen molar-refractivity contribution in [3.05, 3.63) is 35.9 Å². The number of rotatable bonds is 29. The summed E-state index contributed by atoms with van der Waals surface area (Å²) in [5, 5.41) is 2.03. The molecule has 1 aromatic rings. The molecule has 3 saturated heterocycles. The monoisotopic (exact) mass is 1020 g/mol. The molecule has 17 nitrogen and oxygen atoms in total. The molecule has 408 valence electrons. The number of hydrogen-bond acceptors (Lipinski definition) is 13. The van der Waals surface area contributed by atoms with Gasteiger partial charge < -0.3 is 24.1 Å². The lowest BCUT2D eigenvalue weighted by Gasteiger charge is -2.41. The van der Waals surface area contributed by atoms with E-state index in [0.717, 1.165) is 24.8 Å². The minimum absolute atomic E-state index is 0.00490. The van der Waals surface area contributed by atoms with E-state index < -0.39 is 59.3 Å². The molecule has 4 aliphatic rings. The lowest BCUT2D eigenvalue weighted by Crippen LogP contribution is -2.54. The zero-order chi connectivity index (χ0) is 53.7. The van der Waals surface area contributed by atoms with Crippen LogP contribution >= 0.6 is 0 Å². The highest BCUT2D eigenvalue weighted by atomic mass is 16.7. The van der Waals surface area contributed by atoms with Gasteiger partial charge in [-0.05, 0) is 87.8 Å². The first kappa shape index (κ1) is 59.3. The number of ether oxygens (including phenoxy) is 2. The second kappa shape index (κ2) is 27.3. The van der Waals surface area contributed by atoms with Crippen LogP contribution in [0.2, 0.25) is 0 Å². The predicted octanol–water partition coefficient (Wildman–Crippen LogP) is 6.95. The Morgan fingerprint density at radius 2 is 1.51 bits per heavy atom. The Hall–Kier alpha value is -4.58. The van der Waals surface area contributed by atoms with Crippen molar-refractivity contribution in [1.29, 1.82) is 0 Å². The minimum Gasteiger partial charge on any atom is -0.379 e. The van der Waals surface area contributed by atoms with Gasteiger partial charge >= 0.3 is 5.97 Å². The quantitative estimate of drug-likeness (QED) is 0.0593. The van der Waals surface area contributed by atoms with E-state index in [1.807, 2.05) is 95.6 Å². The van der Waals surface area contributed by atoms with Gasteiger partial charge in [0, 0.05) is 78.3 Å². The van der Waals surface area contributed by atoms with Gasteiger partial charge in [0.25, 0.3) is 17.7 Å². The third-order valence-corrected chi connectivity index (χ3v) is 16.3. The van der Waals surface area contributed by atoms with Crippen molar-refractivity contribution >= 4 is 47.1 Å². The van der Waals surface area contributed by atoms with Gasteiger partial charge in [-0.15, -0.1) is 5.06 Å². The average Bonchev–Trinajstić information content (AvgIpc) is 3.73. The van der Waals surface area contributed by atoms with Crippen molar-refractivity contribution in [3.63, 3.8) is 0 Å². The molecule has 10 atom stereocenters. The topological polar surface area (TPSA) is 190 Å². The van der Waals surface area contributed by atoms with E-state index in [1.165, 1.54) is 5.06 Å². The van der Waals surface area contributed by atoms with E-state index in [9.17, 15) is 38.4 Å². The van der Waals surface area contributed by atoms with E-state index >= 15 is 0 Å². The first-order valence-corrected chi connectivity index (χ1v) is 27.2. The van der Waals surface area contributed by atoms with Crippen molar-refractivity contribution in [3.8, 4) is 0 Å². The molecule has 1 saturated carbocycles. The molecule has 0 unspecified atom stereocenters. The number of carbonyl (C=O) groups is 8. The number of Topliss-reactive ketones (excluding diaryl/α,β-unsaturated/α-hetero) is 2. The van der Waals surface area contributed by atoms with Gasteiger partial charge in [-0.1, -0.05) is 91.6 Å². The Bertz CT molecular complexity index is 2050. The van der Waals surface area contributed by atoms with Crippen molar-refractivity contribution in [2.45, 2.75) is 181 Å². The molecule has 5 rings (SSSR count). The molecule has 0 spiro atoms. The fraction of sp³-hybridized carbons (Fsp3) is 0.750. The van der Waals surface area contributed by atoms with Crippen molar-refractivity contribution in [2.24, 2.45) is 35.0 Å². The van der Waals surface area contributed by atoms with Crippen LogP contribution in [0.1, 0.15) is 156 Å². The zero-order valence-electron chi connectivity index (χ0n) is 45.8. The van der Waals surface area contributed by atoms with Crippen molar-refractivity contribution < 1.29 is 57.5 Å². The second-order valence-electron chi connectivity index (χ2n) is 22.0. The van der Waals surface area contributed by atoms with Crippen molar-refractivity contribution in [1.82, 2.24) is 24.8 Å². The van der Waals surface area contributed by atoms with E-state index in [2.05, 4.69) is 0 Å². The molecule has 4 fully saturated rings. The molecular formula is C56H87N5O12. The number of hydrogen-bond donors (Lipinski definition) is 0. The van der Waals surface area contributed by atoms with Crippen LogP contribution in [0.15, 0.2) is 30.3 Å². The standard InChI is InChI=1S/C56H87N5O12/c1-12-38(6)52(58(9)54(68)41(36(2)3)32-44(62)51(37(4)5)57(8)28-18-14-17-25-50(67)73-61-47(64)26-27-48(61)65)46(70-10)33-49(66)59-29-21-24-43(59)53(71-11)39(7)45(63)35-56(55(69)60-30-19-20-31-72-60)34-42(56)40-22-15-13-16-23-40/h13,15-16,22-23,36-39,41-43,46,51-53H,12,14,17-21,24-35H2,1-11H3/t38-,39-,41-,42+,43-,46+,51-,52-,53+,56-/m0/s1. The molecular weight excluding hydrogens is 935 g/mol. The maximum Gasteiger partial charge on any atom is 0.333 e. The molecule has 3 aliphatic heterocycles. The van der Waals surface area contributed by atoms with Gasteiger partial charge in [0.05, 0.1) is 48.8 Å². The Morgan fingerprint density at radius 1 is 0.822 bits per heavy atom. The second-order valence-corrected chi connectivity index (χ2v) is 22.0. The number of hydroxylamine groups is 4. The molecule has 73 heavy (non-hydrogen) atoms. The first-order valence-electron chi connectivity index (χ1n) is 27.2. The van der Waals surface area contributed by atoms with Crippen LogP contribution in [0.25, 0.3) is 0 Å². The summed E-state index contributed by atoms with van der Waals surface area (Å²) in [5.74, 6) is -3.88. The van der Waals surface area contributed by atoms with Gasteiger partial charge in [0.1, 0.15) is 5.78 Å². The predicted molar refractivity (Wildman–Crippen MR) is 274 cm³/mol. The number of imide groups is 1. The maximum atomic E-state index is 14.8. The number of amides is 5. The van der Waals surface area contributed by atoms with E-state index in [1.54, 1.807) is 26.2 Å². The minimum atomic E-state index is -0.909. The number of unbranched alkanes of at least 4 members (excludes halogenated alkanes) is 2. The smallest absolute Gasteiger partial charge is 0.333 e. The molecule has 1 aliphatic carbocycles. The lowest BCUT2D eigenvalue weighted by atomic mass is 9.83. The summed E-state index contributed by atoms with van der Waals surface area (Å²) in [6.45, 7) is 15.9. The van der Waals surface area contributed by atoms with Crippen LogP contribution in [-0.2, 0) is 57.5 Å². The SMILES string of the molecule is CC[C@H](C)[C@@H]([C@@H](CC(=O)N1CCC[C@H]1[C@H](OC)[C@@H](C)C(=O)C[C@@]1(C(=O)N2CCCCO2)C[C@@H]1c1ccccc1)OC)N(C)C(=O)[C@@H](CC(=O)[C@H](C(C)C)N(C)CCCCCC(=O)ON1C(=O)CCC1=O)C(C)C. The normalized spacial score (nSPS) is 23.1. The maximum absolute atomic E-state index is 14.8. The summed E-state index contributed by atoms with van der Waals surface area (Å²) in [4.78, 5) is 125. The molecule has 3 heterocycles. The Kier molecular flexibility index (Phi) is 22.2. The number of likely N-dealkylation sites (N-methyl/N-ethyl adjacent to an activating group) is 2. The molecule has 0 N–H and O–H groups in total. The summed E-state index contributed by atoms with van der Waals surface area (Å²) in [5.41, 5.74) is 0.115. The Morgan fingerprint density at radius 3 is 2.10 bits per heavy atom.